The van der Waals surface area contributed by atoms with Crippen LogP contribution in [0.15, 0.2) is 24.3 Å². The van der Waals surface area contributed by atoms with E-state index >= 15 is 0 Å². The standard InChI is InChI=1S/C24H26Cl2F5N5O4/c1-23(2,39)21(38)32-8-11-4-5-13(25)19(18(11)26)35-22-34-14-6-12(20(37)33-10-24(29,30)31)16(40-9-17(27)28)7-15(14)36(22)3/h4-7,17,21,32,38-39H,8-10H2,1-3H3,(H,33,37)(H,34,35). The molecule has 0 fully saturated rings. The first-order valence-corrected chi connectivity index (χ1v) is 12.4. The number of fused-ring (bicyclic) bond motifs is 1. The molecule has 0 saturated heterocycles. The van der Waals surface area contributed by atoms with E-state index in [4.69, 9.17) is 27.9 Å². The van der Waals surface area contributed by atoms with Crippen LogP contribution in [0.25, 0.3) is 11.0 Å². The molecule has 2 aromatic carbocycles. The second kappa shape index (κ2) is 12.3. The molecule has 1 aromatic heterocycles. The van der Waals surface area contributed by atoms with E-state index in [-0.39, 0.29) is 45.0 Å². The van der Waals surface area contributed by atoms with Crippen molar-refractivity contribution in [3.8, 4) is 5.75 Å². The number of aromatic nitrogens is 2. The molecule has 0 radical (unpaired) electrons. The first-order chi connectivity index (χ1) is 18.5. The van der Waals surface area contributed by atoms with Crippen LogP contribution in [0.4, 0.5) is 33.6 Å². The van der Waals surface area contributed by atoms with Crippen molar-refractivity contribution >= 4 is 51.8 Å². The van der Waals surface area contributed by atoms with Crippen molar-refractivity contribution < 1.29 is 41.7 Å². The summed E-state index contributed by atoms with van der Waals surface area (Å²) in [5.74, 6) is -1.42. The fourth-order valence-corrected chi connectivity index (χ4v) is 4.00. The van der Waals surface area contributed by atoms with E-state index in [2.05, 4.69) is 15.6 Å². The Balaban J connectivity index is 1.97. The van der Waals surface area contributed by atoms with Crippen molar-refractivity contribution in [3.05, 3.63) is 45.4 Å². The lowest BCUT2D eigenvalue weighted by molar-refractivity contribution is -0.123. The number of aryl methyl sites for hydroxylation is 1. The number of hydrogen-bond acceptors (Lipinski definition) is 7. The van der Waals surface area contributed by atoms with Crippen LogP contribution < -0.4 is 20.7 Å². The van der Waals surface area contributed by atoms with Crippen LogP contribution >= 0.6 is 23.2 Å². The number of anilines is 2. The van der Waals surface area contributed by atoms with E-state index in [1.54, 1.807) is 18.4 Å². The number of imidazole rings is 1. The predicted molar refractivity (Wildman–Crippen MR) is 139 cm³/mol. The van der Waals surface area contributed by atoms with Crippen molar-refractivity contribution in [2.75, 3.05) is 18.5 Å². The predicted octanol–water partition coefficient (Wildman–Crippen LogP) is 4.74. The Morgan fingerprint density at radius 3 is 2.48 bits per heavy atom. The van der Waals surface area contributed by atoms with Gasteiger partial charge in [-0.25, -0.2) is 13.8 Å². The van der Waals surface area contributed by atoms with Gasteiger partial charge in [-0.3, -0.25) is 10.1 Å². The third-order valence-corrected chi connectivity index (χ3v) is 6.35. The maximum atomic E-state index is 12.8. The van der Waals surface area contributed by atoms with Crippen LogP contribution in [0.1, 0.15) is 29.8 Å². The molecular weight excluding hydrogens is 588 g/mol. The zero-order valence-electron chi connectivity index (χ0n) is 21.3. The third-order valence-electron chi connectivity index (χ3n) is 5.60. The molecule has 40 heavy (non-hydrogen) atoms. The lowest BCUT2D eigenvalue weighted by Gasteiger charge is -2.25. The summed E-state index contributed by atoms with van der Waals surface area (Å²) in [6.45, 7) is 0.161. The van der Waals surface area contributed by atoms with Gasteiger partial charge >= 0.3 is 6.18 Å². The Bertz CT molecular complexity index is 1380. The number of benzene rings is 2. The second-order valence-corrected chi connectivity index (χ2v) is 10.1. The van der Waals surface area contributed by atoms with E-state index < -0.39 is 49.1 Å². The quantitative estimate of drug-likeness (QED) is 0.156. The highest BCUT2D eigenvalue weighted by atomic mass is 35.5. The lowest BCUT2D eigenvalue weighted by Crippen LogP contribution is -2.46. The van der Waals surface area contributed by atoms with Crippen LogP contribution in [-0.4, -0.2) is 63.3 Å². The summed E-state index contributed by atoms with van der Waals surface area (Å²) in [6.07, 6.45) is -8.86. The van der Waals surface area contributed by atoms with Gasteiger partial charge in [-0.2, -0.15) is 13.2 Å². The fourth-order valence-electron chi connectivity index (χ4n) is 3.47. The van der Waals surface area contributed by atoms with Crippen LogP contribution in [0.2, 0.25) is 10.0 Å². The normalized spacial score (nSPS) is 13.1. The van der Waals surface area contributed by atoms with Gasteiger partial charge in [0.25, 0.3) is 12.3 Å². The number of carbonyl (C=O) groups excluding carboxylic acids is 1. The molecule has 1 atom stereocenters. The first kappa shape index (κ1) is 31.6. The maximum absolute atomic E-state index is 12.8. The minimum Gasteiger partial charge on any atom is -0.487 e. The lowest BCUT2D eigenvalue weighted by atomic mass is 10.1. The topological polar surface area (TPSA) is 121 Å². The number of rotatable bonds is 11. The summed E-state index contributed by atoms with van der Waals surface area (Å²) in [7, 11) is 1.55. The van der Waals surface area contributed by atoms with E-state index in [1.807, 2.05) is 0 Å². The average Bonchev–Trinajstić information content (AvgIpc) is 3.15. The first-order valence-electron chi connectivity index (χ1n) is 11.6. The van der Waals surface area contributed by atoms with Crippen molar-refractivity contribution in [1.29, 1.82) is 0 Å². The number of ether oxygens (including phenoxy) is 1. The molecule has 1 unspecified atom stereocenters. The van der Waals surface area contributed by atoms with Gasteiger partial charge in [-0.05, 0) is 31.5 Å². The van der Waals surface area contributed by atoms with Gasteiger partial charge in [-0.15, -0.1) is 0 Å². The Hall–Kier alpha value is -2.91. The molecule has 9 nitrogen and oxygen atoms in total. The largest absolute Gasteiger partial charge is 0.487 e. The number of carbonyl (C=O) groups is 1. The molecular formula is C24H26Cl2F5N5O4. The van der Waals surface area contributed by atoms with Crippen molar-refractivity contribution in [2.24, 2.45) is 7.05 Å². The van der Waals surface area contributed by atoms with Gasteiger partial charge in [0.1, 0.15) is 25.1 Å². The summed E-state index contributed by atoms with van der Waals surface area (Å²) in [5, 5.41) is 27.7. The number of nitrogens with one attached hydrogen (secondary N) is 3. The molecule has 0 saturated carbocycles. The highest BCUT2D eigenvalue weighted by molar-refractivity contribution is 6.39. The molecule has 1 heterocycles. The second-order valence-electron chi connectivity index (χ2n) is 9.29. The van der Waals surface area contributed by atoms with Gasteiger partial charge in [0.15, 0.2) is 0 Å². The zero-order valence-corrected chi connectivity index (χ0v) is 22.8. The van der Waals surface area contributed by atoms with Crippen molar-refractivity contribution in [1.82, 2.24) is 20.2 Å². The summed E-state index contributed by atoms with van der Waals surface area (Å²) in [6, 6.07) is 5.47. The summed E-state index contributed by atoms with van der Waals surface area (Å²) >= 11 is 12.9. The van der Waals surface area contributed by atoms with E-state index in [0.717, 1.165) is 6.07 Å². The summed E-state index contributed by atoms with van der Waals surface area (Å²) < 4.78 is 70.0. The molecule has 1 amide bonds. The zero-order chi connectivity index (χ0) is 30.0. The Kier molecular flexibility index (Phi) is 9.73. The molecule has 220 valence electrons. The Morgan fingerprint density at radius 1 is 1.20 bits per heavy atom. The highest BCUT2D eigenvalue weighted by Gasteiger charge is 2.29. The molecule has 0 spiro atoms. The molecule has 16 heteroatoms. The number of halogens is 7. The maximum Gasteiger partial charge on any atom is 0.405 e. The van der Waals surface area contributed by atoms with Crippen LogP contribution in [-0.2, 0) is 13.6 Å². The third kappa shape index (κ3) is 7.85. The van der Waals surface area contributed by atoms with E-state index in [1.165, 1.54) is 30.5 Å². The van der Waals surface area contributed by atoms with Gasteiger partial charge in [0.05, 0.1) is 37.9 Å². The molecule has 5 N–H and O–H groups in total. The average molecular weight is 614 g/mol. The Labute approximate surface area is 235 Å². The number of amides is 1. The number of nitrogens with zero attached hydrogens (tertiary/aromatic N) is 2. The molecule has 3 aromatic rings. The number of aliphatic hydroxyl groups is 2. The van der Waals surface area contributed by atoms with Gasteiger partial charge in [0.2, 0.25) is 5.95 Å². The van der Waals surface area contributed by atoms with Crippen molar-refractivity contribution in [3.63, 3.8) is 0 Å². The monoisotopic (exact) mass is 613 g/mol. The molecule has 3 rings (SSSR count). The number of aliphatic hydroxyl groups excluding tert-OH is 1. The number of hydrogen-bond donors (Lipinski definition) is 5. The SMILES string of the molecule is Cn1c(Nc2c(Cl)ccc(CNC(O)C(C)(C)O)c2Cl)nc2cc(C(=O)NCC(F)(F)F)c(OCC(F)F)cc21. The molecule has 0 aliphatic carbocycles. The summed E-state index contributed by atoms with van der Waals surface area (Å²) in [4.78, 5) is 16.8. The van der Waals surface area contributed by atoms with E-state index in [9.17, 15) is 37.0 Å². The minimum absolute atomic E-state index is 0.0552. The van der Waals surface area contributed by atoms with Crippen LogP contribution in [0, 0.1) is 0 Å². The summed E-state index contributed by atoms with van der Waals surface area (Å²) in [5.41, 5.74) is -0.704. The molecule has 0 aliphatic rings. The fraction of sp³-hybridized carbons (Fsp3) is 0.417. The van der Waals surface area contributed by atoms with Gasteiger partial charge < -0.3 is 30.2 Å². The van der Waals surface area contributed by atoms with Crippen molar-refractivity contribution in [2.45, 2.75) is 44.8 Å². The van der Waals surface area contributed by atoms with Crippen LogP contribution in [0.3, 0.4) is 0 Å². The highest BCUT2D eigenvalue weighted by Crippen LogP contribution is 2.37. The smallest absolute Gasteiger partial charge is 0.405 e. The molecule has 0 bridgehead atoms. The van der Waals surface area contributed by atoms with E-state index in [0.29, 0.717) is 5.56 Å². The van der Waals surface area contributed by atoms with Crippen LogP contribution in [0.5, 0.6) is 5.75 Å². The molecule has 0 aliphatic heterocycles. The minimum atomic E-state index is -4.69. The number of alkyl halides is 5. The van der Waals surface area contributed by atoms with Gasteiger partial charge in [-0.1, -0.05) is 29.3 Å². The Morgan fingerprint density at radius 2 is 1.88 bits per heavy atom. The van der Waals surface area contributed by atoms with Gasteiger partial charge in [0, 0.05) is 19.7 Å².